The second-order valence-corrected chi connectivity index (χ2v) is 4.47. The van der Waals surface area contributed by atoms with Gasteiger partial charge in [-0.2, -0.15) is 0 Å². The van der Waals surface area contributed by atoms with E-state index in [0.717, 1.165) is 11.3 Å². The van der Waals surface area contributed by atoms with Crippen molar-refractivity contribution in [3.63, 3.8) is 0 Å². The average Bonchev–Trinajstić information content (AvgIpc) is 2.89. The van der Waals surface area contributed by atoms with Crippen molar-refractivity contribution in [2.45, 2.75) is 19.5 Å². The van der Waals surface area contributed by atoms with E-state index in [1.165, 1.54) is 25.1 Å². The molecular formula is C14H17N3O2. The van der Waals surface area contributed by atoms with Crippen LogP contribution in [0.1, 0.15) is 11.1 Å². The van der Waals surface area contributed by atoms with Gasteiger partial charge in [-0.15, -0.1) is 0 Å². The molecule has 1 N–H and O–H groups in total. The molecule has 1 heterocycles. The molecule has 19 heavy (non-hydrogen) atoms. The molecule has 2 rings (SSSR count). The van der Waals surface area contributed by atoms with Crippen LogP contribution in [0, 0.1) is 13.8 Å². The lowest BCUT2D eigenvalue weighted by Gasteiger charge is -2.22. The van der Waals surface area contributed by atoms with Crippen molar-refractivity contribution in [1.82, 2.24) is 0 Å². The fourth-order valence-corrected chi connectivity index (χ4v) is 1.94. The summed E-state index contributed by atoms with van der Waals surface area (Å²) in [6.07, 6.45) is 3.03. The molecule has 0 amide bonds. The first-order valence-electron chi connectivity index (χ1n) is 6.06. The molecule has 100 valence electrons. The first-order chi connectivity index (χ1) is 9.09. The van der Waals surface area contributed by atoms with E-state index in [2.05, 4.69) is 15.3 Å². The molecule has 0 aromatic heterocycles. The minimum atomic E-state index is -1.19. The van der Waals surface area contributed by atoms with Crippen LogP contribution in [0.2, 0.25) is 0 Å². The van der Waals surface area contributed by atoms with Crippen LogP contribution in [-0.4, -0.2) is 37.7 Å². The van der Waals surface area contributed by atoms with Gasteiger partial charge in [0.1, 0.15) is 0 Å². The summed E-state index contributed by atoms with van der Waals surface area (Å²) in [4.78, 5) is 20.1. The molecule has 1 aromatic carbocycles. The van der Waals surface area contributed by atoms with Gasteiger partial charge in [0.15, 0.2) is 0 Å². The molecule has 0 atom stereocenters. The van der Waals surface area contributed by atoms with Gasteiger partial charge in [0.05, 0.1) is 13.7 Å². The minimum Gasteiger partial charge on any atom is -0.466 e. The predicted molar refractivity (Wildman–Crippen MR) is 76.1 cm³/mol. The molecule has 0 saturated carbocycles. The lowest BCUT2D eigenvalue weighted by molar-refractivity contribution is -0.145. The first-order valence-corrected chi connectivity index (χ1v) is 6.06. The van der Waals surface area contributed by atoms with Crippen LogP contribution in [0.15, 0.2) is 28.2 Å². The predicted octanol–water partition coefficient (Wildman–Crippen LogP) is 1.74. The number of carbonyl (C=O) groups is 1. The van der Waals surface area contributed by atoms with Crippen LogP contribution in [0.4, 0.5) is 5.69 Å². The minimum absolute atomic E-state index is 0.275. The van der Waals surface area contributed by atoms with E-state index in [1.54, 1.807) is 0 Å². The van der Waals surface area contributed by atoms with Crippen LogP contribution in [0.5, 0.6) is 0 Å². The number of aryl methyl sites for hydroxylation is 1. The van der Waals surface area contributed by atoms with Gasteiger partial charge >= 0.3 is 5.97 Å². The van der Waals surface area contributed by atoms with Crippen LogP contribution in [0.25, 0.3) is 0 Å². The van der Waals surface area contributed by atoms with Gasteiger partial charge in [0.2, 0.25) is 0 Å². The number of ether oxygens (including phenoxy) is 1. The van der Waals surface area contributed by atoms with Crippen LogP contribution in [0.3, 0.4) is 0 Å². The molecule has 0 bridgehead atoms. The fourth-order valence-electron chi connectivity index (χ4n) is 1.94. The topological polar surface area (TPSA) is 63.0 Å². The highest BCUT2D eigenvalue weighted by Crippen LogP contribution is 2.22. The number of esters is 1. The highest BCUT2D eigenvalue weighted by atomic mass is 16.5. The van der Waals surface area contributed by atoms with Crippen LogP contribution >= 0.6 is 0 Å². The van der Waals surface area contributed by atoms with Crippen LogP contribution < -0.4 is 5.32 Å². The Bertz CT molecular complexity index is 538. The Labute approximate surface area is 112 Å². The van der Waals surface area contributed by atoms with Crippen molar-refractivity contribution in [2.75, 3.05) is 19.0 Å². The monoisotopic (exact) mass is 259 g/mol. The van der Waals surface area contributed by atoms with E-state index in [1.807, 2.05) is 32.0 Å². The lowest BCUT2D eigenvalue weighted by atomic mass is 10.1. The number of anilines is 1. The van der Waals surface area contributed by atoms with Crippen molar-refractivity contribution in [1.29, 1.82) is 0 Å². The molecule has 0 radical (unpaired) electrons. The Hall–Kier alpha value is -2.17. The molecule has 1 aromatic rings. The Morgan fingerprint density at radius 1 is 1.32 bits per heavy atom. The Kier molecular flexibility index (Phi) is 3.64. The van der Waals surface area contributed by atoms with Gasteiger partial charge in [-0.05, 0) is 31.0 Å². The number of rotatable bonds is 4. The highest BCUT2D eigenvalue weighted by molar-refractivity contribution is 6.19. The van der Waals surface area contributed by atoms with Gasteiger partial charge in [0.25, 0.3) is 5.66 Å². The van der Waals surface area contributed by atoms with E-state index in [4.69, 9.17) is 4.74 Å². The quantitative estimate of drug-likeness (QED) is 0.838. The van der Waals surface area contributed by atoms with Crippen molar-refractivity contribution in [2.24, 2.45) is 9.98 Å². The second-order valence-electron chi connectivity index (χ2n) is 4.47. The largest absolute Gasteiger partial charge is 0.466 e. The molecule has 5 heteroatoms. The van der Waals surface area contributed by atoms with Crippen molar-refractivity contribution < 1.29 is 9.53 Å². The van der Waals surface area contributed by atoms with Gasteiger partial charge in [0, 0.05) is 18.1 Å². The van der Waals surface area contributed by atoms with Crippen molar-refractivity contribution in [3.8, 4) is 0 Å². The SMILES string of the molecule is COC(=O)C1(CNc2cccc(C)c2C)N=CC=N1. The maximum Gasteiger partial charge on any atom is 0.358 e. The average molecular weight is 259 g/mol. The zero-order valence-electron chi connectivity index (χ0n) is 11.3. The van der Waals surface area contributed by atoms with E-state index in [9.17, 15) is 4.79 Å². The molecule has 0 fully saturated rings. The van der Waals surface area contributed by atoms with E-state index < -0.39 is 11.6 Å². The fraction of sp³-hybridized carbons (Fsp3) is 0.357. The maximum atomic E-state index is 11.8. The zero-order valence-corrected chi connectivity index (χ0v) is 11.3. The third-order valence-electron chi connectivity index (χ3n) is 3.29. The number of hydrogen-bond acceptors (Lipinski definition) is 5. The number of nitrogens with one attached hydrogen (secondary N) is 1. The normalized spacial score (nSPS) is 15.5. The molecule has 1 aliphatic rings. The molecular weight excluding hydrogens is 242 g/mol. The van der Waals surface area contributed by atoms with Gasteiger partial charge in [-0.3, -0.25) is 0 Å². The summed E-state index contributed by atoms with van der Waals surface area (Å²) < 4.78 is 4.77. The lowest BCUT2D eigenvalue weighted by Crippen LogP contribution is -2.41. The first kappa shape index (κ1) is 13.3. The third-order valence-corrected chi connectivity index (χ3v) is 3.29. The number of benzene rings is 1. The summed E-state index contributed by atoms with van der Waals surface area (Å²) in [5.41, 5.74) is 2.12. The smallest absolute Gasteiger partial charge is 0.358 e. The molecule has 1 aliphatic heterocycles. The Morgan fingerprint density at radius 3 is 2.63 bits per heavy atom. The summed E-state index contributed by atoms with van der Waals surface area (Å²) in [5, 5.41) is 3.22. The van der Waals surface area contributed by atoms with Crippen molar-refractivity contribution >= 4 is 24.1 Å². The Morgan fingerprint density at radius 2 is 2.00 bits per heavy atom. The second kappa shape index (κ2) is 5.22. The summed E-state index contributed by atoms with van der Waals surface area (Å²) in [6.45, 7) is 4.35. The summed E-state index contributed by atoms with van der Waals surface area (Å²) in [5.74, 6) is -0.463. The maximum absolute atomic E-state index is 11.8. The summed E-state index contributed by atoms with van der Waals surface area (Å²) in [6, 6.07) is 5.98. The van der Waals surface area contributed by atoms with E-state index >= 15 is 0 Å². The summed E-state index contributed by atoms with van der Waals surface area (Å²) >= 11 is 0. The van der Waals surface area contributed by atoms with E-state index in [-0.39, 0.29) is 6.54 Å². The molecule has 0 spiro atoms. The van der Waals surface area contributed by atoms with Gasteiger partial charge in [-0.1, -0.05) is 12.1 Å². The molecule has 0 unspecified atom stereocenters. The number of nitrogens with zero attached hydrogens (tertiary/aromatic N) is 2. The molecule has 0 aliphatic carbocycles. The number of carbonyl (C=O) groups excluding carboxylic acids is 1. The standard InChI is InChI=1S/C14H17N3O2/c1-10-5-4-6-12(11(10)2)15-9-14(13(18)19-3)16-7-8-17-14/h4-8,15H,9H2,1-3H3. The van der Waals surface area contributed by atoms with Gasteiger partial charge in [-0.25, -0.2) is 14.8 Å². The zero-order chi connectivity index (χ0) is 13.9. The van der Waals surface area contributed by atoms with Crippen molar-refractivity contribution in [3.05, 3.63) is 29.3 Å². The third kappa shape index (κ3) is 2.50. The van der Waals surface area contributed by atoms with Crippen LogP contribution in [-0.2, 0) is 9.53 Å². The summed E-state index contributed by atoms with van der Waals surface area (Å²) in [7, 11) is 1.34. The molecule has 5 nitrogen and oxygen atoms in total. The Balaban J connectivity index is 2.17. The molecule has 0 saturated heterocycles. The number of methoxy groups -OCH3 is 1. The van der Waals surface area contributed by atoms with E-state index in [0.29, 0.717) is 0 Å². The number of aliphatic imine (C=N–C) groups is 2. The van der Waals surface area contributed by atoms with Gasteiger partial charge < -0.3 is 10.1 Å². The number of hydrogen-bond donors (Lipinski definition) is 1. The highest BCUT2D eigenvalue weighted by Gasteiger charge is 2.39.